The van der Waals surface area contributed by atoms with Crippen LogP contribution < -0.4 is 16.6 Å². The maximum absolute atomic E-state index is 13.6. The van der Waals surface area contributed by atoms with Gasteiger partial charge in [0.2, 0.25) is 11.7 Å². The topological polar surface area (TPSA) is 160 Å². The Morgan fingerprint density at radius 1 is 1.19 bits per heavy atom. The fourth-order valence-corrected chi connectivity index (χ4v) is 4.48. The number of thioether (sulfide) groups is 1. The summed E-state index contributed by atoms with van der Waals surface area (Å²) in [5.74, 6) is -1.64. The molecule has 1 amide bonds. The molecule has 11 nitrogen and oxygen atoms in total. The molecule has 13 heteroatoms. The zero-order chi connectivity index (χ0) is 27.4. The molecule has 1 saturated heterocycles. The van der Waals surface area contributed by atoms with Crippen LogP contribution >= 0.6 is 11.8 Å². The molecule has 1 aliphatic rings. The molecule has 2 heterocycles. The van der Waals surface area contributed by atoms with E-state index in [0.29, 0.717) is 29.4 Å². The average molecular weight is 548 g/mol. The number of unbranched alkanes of at least 4 members (excludes halogenated alkanes) is 6. The molecule has 1 fully saturated rings. The van der Waals surface area contributed by atoms with E-state index in [0.717, 1.165) is 25.7 Å². The van der Waals surface area contributed by atoms with Gasteiger partial charge in [0, 0.05) is 6.42 Å². The van der Waals surface area contributed by atoms with E-state index >= 15 is 0 Å². The molecule has 5 atom stereocenters. The lowest BCUT2D eigenvalue weighted by Gasteiger charge is -2.20. The van der Waals surface area contributed by atoms with Crippen LogP contribution in [0.15, 0.2) is 15.8 Å². The second-order valence-corrected chi connectivity index (χ2v) is 10.1. The minimum atomic E-state index is -1.65. The number of nitrogens with one attached hydrogen (secondary N) is 2. The summed E-state index contributed by atoms with van der Waals surface area (Å²) in [6.45, 7) is 1.68. The number of aliphatic hydroxyl groups is 2. The van der Waals surface area contributed by atoms with Gasteiger partial charge in [-0.05, 0) is 24.9 Å². The van der Waals surface area contributed by atoms with Crippen LogP contribution in [0.1, 0.15) is 70.9 Å². The summed E-state index contributed by atoms with van der Waals surface area (Å²) in [7, 11) is 0. The van der Waals surface area contributed by atoms with Crippen LogP contribution in [-0.4, -0.2) is 74.6 Å². The van der Waals surface area contributed by atoms with E-state index < -0.39 is 60.2 Å². The Morgan fingerprint density at radius 3 is 2.54 bits per heavy atom. The van der Waals surface area contributed by atoms with Gasteiger partial charge < -0.3 is 25.0 Å². The van der Waals surface area contributed by atoms with E-state index in [1.807, 2.05) is 6.26 Å². The molecule has 0 saturated carbocycles. The quantitative estimate of drug-likeness (QED) is 0.176. The smallest absolute Gasteiger partial charge is 0.330 e. The third-order valence-electron chi connectivity index (χ3n) is 6.16. The lowest BCUT2D eigenvalue weighted by Crippen LogP contribution is -2.43. The molecule has 2 unspecified atom stereocenters. The lowest BCUT2D eigenvalue weighted by molar-refractivity contribution is -0.154. The normalized spacial score (nSPS) is 22.1. The summed E-state index contributed by atoms with van der Waals surface area (Å²) in [6.07, 6.45) is 4.62. The summed E-state index contributed by atoms with van der Waals surface area (Å²) < 4.78 is 25.0. The molecule has 0 spiro atoms. The molecular weight excluding hydrogens is 509 g/mol. The van der Waals surface area contributed by atoms with Crippen molar-refractivity contribution < 1.29 is 33.7 Å². The fourth-order valence-electron chi connectivity index (χ4n) is 4.01. The Hall–Kier alpha value is -2.22. The molecule has 210 valence electrons. The standard InChI is InChI=1S/C24H38FN3O8S/c1-3-4-5-6-7-8-9-10-18(29)26-16(11-12-37-2)23(33)35-14-17-19(30)20(31)22(36-17)28-13-15(25)21(32)27-24(28)34/h13,16-17,19-20,22,30-31H,3-12,14H2,1-2H3,(H,26,29)(H,27,32,34)/t16-,17-,19?,20?,22-/m0/s1. The van der Waals surface area contributed by atoms with Gasteiger partial charge in [-0.25, -0.2) is 9.59 Å². The Balaban J connectivity index is 1.88. The Bertz CT molecular complexity index is 987. The first-order valence-electron chi connectivity index (χ1n) is 12.7. The van der Waals surface area contributed by atoms with Crippen LogP contribution in [-0.2, 0) is 19.1 Å². The Labute approximate surface area is 219 Å². The molecule has 1 aliphatic heterocycles. The van der Waals surface area contributed by atoms with Gasteiger partial charge in [-0.15, -0.1) is 0 Å². The van der Waals surface area contributed by atoms with Gasteiger partial charge in [0.05, 0.1) is 6.20 Å². The summed E-state index contributed by atoms with van der Waals surface area (Å²) in [6, 6.07) is -0.889. The number of esters is 1. The molecule has 37 heavy (non-hydrogen) atoms. The number of H-pyrrole nitrogens is 1. The van der Waals surface area contributed by atoms with Crippen molar-refractivity contribution in [3.63, 3.8) is 0 Å². The highest BCUT2D eigenvalue weighted by Crippen LogP contribution is 2.28. The summed E-state index contributed by atoms with van der Waals surface area (Å²) in [5.41, 5.74) is -2.27. The lowest BCUT2D eigenvalue weighted by atomic mass is 10.1. The predicted octanol–water partition coefficient (Wildman–Crippen LogP) is 1.22. The van der Waals surface area contributed by atoms with Crippen molar-refractivity contribution in [1.29, 1.82) is 0 Å². The SMILES string of the molecule is CCCCCCCCCC(=O)N[C@@H](CCSC)C(=O)OC[C@@H]1O[C@H](n2cc(F)c(=O)[nH]c2=O)C(O)C1O. The number of hydrogen-bond donors (Lipinski definition) is 4. The van der Waals surface area contributed by atoms with Crippen molar-refractivity contribution in [3.8, 4) is 0 Å². The van der Waals surface area contributed by atoms with Gasteiger partial charge in [-0.3, -0.25) is 19.1 Å². The van der Waals surface area contributed by atoms with Crippen molar-refractivity contribution in [3.05, 3.63) is 32.9 Å². The van der Waals surface area contributed by atoms with Crippen LogP contribution in [0.25, 0.3) is 0 Å². The number of aromatic nitrogens is 2. The number of nitrogens with zero attached hydrogens (tertiary/aromatic N) is 1. The number of aliphatic hydroxyl groups excluding tert-OH is 2. The van der Waals surface area contributed by atoms with Crippen LogP contribution in [0.4, 0.5) is 4.39 Å². The van der Waals surface area contributed by atoms with Crippen molar-refractivity contribution in [2.24, 2.45) is 0 Å². The van der Waals surface area contributed by atoms with E-state index in [1.165, 1.54) is 31.0 Å². The maximum atomic E-state index is 13.6. The number of amides is 1. The van der Waals surface area contributed by atoms with E-state index in [4.69, 9.17) is 9.47 Å². The van der Waals surface area contributed by atoms with E-state index in [9.17, 15) is 33.8 Å². The molecule has 0 aliphatic carbocycles. The summed E-state index contributed by atoms with van der Waals surface area (Å²) >= 11 is 1.51. The molecule has 0 radical (unpaired) electrons. The summed E-state index contributed by atoms with van der Waals surface area (Å²) in [4.78, 5) is 50.1. The van der Waals surface area contributed by atoms with Gasteiger partial charge >= 0.3 is 11.7 Å². The number of ether oxygens (including phenoxy) is 2. The first-order chi connectivity index (χ1) is 17.7. The molecule has 2 rings (SSSR count). The Kier molecular flexibility index (Phi) is 13.3. The predicted molar refractivity (Wildman–Crippen MR) is 136 cm³/mol. The average Bonchev–Trinajstić information content (AvgIpc) is 3.15. The van der Waals surface area contributed by atoms with Crippen molar-refractivity contribution in [1.82, 2.24) is 14.9 Å². The van der Waals surface area contributed by atoms with Gasteiger partial charge in [-0.2, -0.15) is 16.2 Å². The van der Waals surface area contributed by atoms with Crippen molar-refractivity contribution in [2.75, 3.05) is 18.6 Å². The van der Waals surface area contributed by atoms with E-state index in [2.05, 4.69) is 12.2 Å². The monoisotopic (exact) mass is 547 g/mol. The molecule has 4 N–H and O–H groups in total. The van der Waals surface area contributed by atoms with Gasteiger partial charge in [0.1, 0.15) is 31.0 Å². The fraction of sp³-hybridized carbons (Fsp3) is 0.750. The number of carbonyl (C=O) groups excluding carboxylic acids is 2. The second-order valence-electron chi connectivity index (χ2n) is 9.09. The zero-order valence-corrected chi connectivity index (χ0v) is 22.1. The van der Waals surface area contributed by atoms with Crippen LogP contribution in [0, 0.1) is 5.82 Å². The molecule has 0 bridgehead atoms. The highest BCUT2D eigenvalue weighted by Gasteiger charge is 2.45. The molecular formula is C24H38FN3O8S. The van der Waals surface area contributed by atoms with Gasteiger partial charge in [0.25, 0.3) is 5.56 Å². The molecule has 1 aromatic heterocycles. The van der Waals surface area contributed by atoms with Gasteiger partial charge in [-0.1, -0.05) is 45.4 Å². The van der Waals surface area contributed by atoms with E-state index in [1.54, 1.807) is 4.98 Å². The third-order valence-corrected chi connectivity index (χ3v) is 6.81. The van der Waals surface area contributed by atoms with Gasteiger partial charge in [0.15, 0.2) is 6.23 Å². The van der Waals surface area contributed by atoms with Crippen LogP contribution in [0.2, 0.25) is 0 Å². The largest absolute Gasteiger partial charge is 0.461 e. The van der Waals surface area contributed by atoms with Crippen molar-refractivity contribution in [2.45, 2.75) is 95.3 Å². The number of aromatic amines is 1. The number of carbonyl (C=O) groups is 2. The number of hydrogen-bond acceptors (Lipinski definition) is 9. The first-order valence-corrected chi connectivity index (χ1v) is 14.1. The minimum Gasteiger partial charge on any atom is -0.461 e. The van der Waals surface area contributed by atoms with E-state index in [-0.39, 0.29) is 5.91 Å². The number of rotatable bonds is 16. The second kappa shape index (κ2) is 15.9. The summed E-state index contributed by atoms with van der Waals surface area (Å²) in [5, 5.41) is 23.3. The highest BCUT2D eigenvalue weighted by atomic mass is 32.2. The zero-order valence-electron chi connectivity index (χ0n) is 21.3. The third kappa shape index (κ3) is 9.55. The van der Waals surface area contributed by atoms with Crippen LogP contribution in [0.5, 0.6) is 0 Å². The number of halogens is 1. The van der Waals surface area contributed by atoms with Crippen molar-refractivity contribution >= 4 is 23.6 Å². The molecule has 1 aromatic rings. The minimum absolute atomic E-state index is 0.247. The first kappa shape index (κ1) is 31.0. The maximum Gasteiger partial charge on any atom is 0.330 e. The Morgan fingerprint density at radius 2 is 1.86 bits per heavy atom. The molecule has 0 aromatic carbocycles. The van der Waals surface area contributed by atoms with Crippen LogP contribution in [0.3, 0.4) is 0 Å². The highest BCUT2D eigenvalue weighted by molar-refractivity contribution is 7.98.